The molecule has 1 nitrogen and oxygen atoms in total. The van der Waals surface area contributed by atoms with Gasteiger partial charge in [-0.15, -0.1) is 18.2 Å². The highest BCUT2D eigenvalue weighted by Gasteiger charge is 2.29. The average molecular weight is 229 g/mol. The minimum Gasteiger partial charge on any atom is -0.385 e. The molecule has 0 fully saturated rings. The summed E-state index contributed by atoms with van der Waals surface area (Å²) < 4.78 is 13.5. The molecule has 15 heavy (non-hydrogen) atoms. The van der Waals surface area contributed by atoms with Crippen molar-refractivity contribution in [3.63, 3.8) is 0 Å². The monoisotopic (exact) mass is 228 g/mol. The van der Waals surface area contributed by atoms with Crippen molar-refractivity contribution in [3.8, 4) is 0 Å². The average Bonchev–Trinajstić information content (AvgIpc) is 2.19. The van der Waals surface area contributed by atoms with E-state index in [1.807, 2.05) is 0 Å². The van der Waals surface area contributed by atoms with Gasteiger partial charge >= 0.3 is 0 Å². The summed E-state index contributed by atoms with van der Waals surface area (Å²) in [5.41, 5.74) is -0.958. The molecule has 1 N–H and O–H groups in total. The summed E-state index contributed by atoms with van der Waals surface area (Å²) >= 11 is 5.61. The van der Waals surface area contributed by atoms with Crippen molar-refractivity contribution in [2.45, 2.75) is 18.4 Å². The molecule has 0 amide bonds. The molecule has 0 aromatic heterocycles. The maximum Gasteiger partial charge on any atom is 0.129 e. The number of halogens is 2. The highest BCUT2D eigenvalue weighted by Crippen LogP contribution is 2.31. The lowest BCUT2D eigenvalue weighted by atomic mass is 9.87. The van der Waals surface area contributed by atoms with Gasteiger partial charge in [0.05, 0.1) is 5.60 Å². The van der Waals surface area contributed by atoms with Crippen LogP contribution in [0.4, 0.5) is 4.39 Å². The summed E-state index contributed by atoms with van der Waals surface area (Å²) in [7, 11) is 0. The molecular weight excluding hydrogens is 215 g/mol. The molecule has 1 unspecified atom stereocenters. The largest absolute Gasteiger partial charge is 0.385 e. The van der Waals surface area contributed by atoms with Crippen molar-refractivity contribution < 1.29 is 9.50 Å². The molecule has 82 valence electrons. The van der Waals surface area contributed by atoms with Gasteiger partial charge < -0.3 is 5.11 Å². The highest BCUT2D eigenvalue weighted by atomic mass is 35.5. The van der Waals surface area contributed by atoms with Crippen LogP contribution in [0, 0.1) is 5.82 Å². The summed E-state index contributed by atoms with van der Waals surface area (Å²) in [4.78, 5) is 0. The lowest BCUT2D eigenvalue weighted by Gasteiger charge is -2.27. The zero-order valence-corrected chi connectivity index (χ0v) is 9.17. The van der Waals surface area contributed by atoms with Crippen molar-refractivity contribution in [2.24, 2.45) is 0 Å². The van der Waals surface area contributed by atoms with Crippen molar-refractivity contribution in [1.82, 2.24) is 0 Å². The molecule has 1 aromatic carbocycles. The van der Waals surface area contributed by atoms with E-state index in [1.165, 1.54) is 6.07 Å². The third-order valence-electron chi connectivity index (χ3n) is 2.37. The van der Waals surface area contributed by atoms with Crippen molar-refractivity contribution in [3.05, 3.63) is 48.3 Å². The normalized spacial score (nSPS) is 14.6. The quantitative estimate of drug-likeness (QED) is 0.606. The van der Waals surface area contributed by atoms with E-state index in [1.54, 1.807) is 24.3 Å². The van der Waals surface area contributed by atoms with E-state index in [9.17, 15) is 9.50 Å². The number of benzene rings is 1. The Bertz CT molecular complexity index is 340. The predicted molar refractivity (Wildman–Crippen MR) is 60.4 cm³/mol. The second-order valence-electron chi connectivity index (χ2n) is 3.44. The van der Waals surface area contributed by atoms with Gasteiger partial charge in [-0.1, -0.05) is 24.3 Å². The fraction of sp³-hybridized carbons (Fsp3) is 0.333. The molecule has 0 aliphatic carbocycles. The summed E-state index contributed by atoms with van der Waals surface area (Å²) in [5.74, 6) is -0.134. The van der Waals surface area contributed by atoms with Gasteiger partial charge in [-0.2, -0.15) is 0 Å². The van der Waals surface area contributed by atoms with E-state index < -0.39 is 11.4 Å². The Hall–Kier alpha value is -0.860. The van der Waals surface area contributed by atoms with E-state index in [-0.39, 0.29) is 11.4 Å². The molecule has 0 heterocycles. The zero-order chi connectivity index (χ0) is 11.3. The first kappa shape index (κ1) is 12.2. The van der Waals surface area contributed by atoms with E-state index in [0.717, 1.165) is 0 Å². The maximum atomic E-state index is 13.5. The standard InChI is InChI=1S/C12H14ClFO/c1-2-7-12(15,8-9-13)10-5-3-4-6-11(10)14/h2-6,15H,1,7-9H2. The van der Waals surface area contributed by atoms with Gasteiger partial charge in [-0.3, -0.25) is 0 Å². The molecule has 0 aliphatic rings. The van der Waals surface area contributed by atoms with Gasteiger partial charge in [-0.25, -0.2) is 4.39 Å². The van der Waals surface area contributed by atoms with Gasteiger partial charge in [-0.05, 0) is 18.9 Å². The van der Waals surface area contributed by atoms with Crippen LogP contribution in [0.2, 0.25) is 0 Å². The highest BCUT2D eigenvalue weighted by molar-refractivity contribution is 6.17. The number of aliphatic hydroxyl groups is 1. The van der Waals surface area contributed by atoms with Gasteiger partial charge in [0.25, 0.3) is 0 Å². The molecule has 0 saturated carbocycles. The van der Waals surface area contributed by atoms with Crippen LogP contribution < -0.4 is 0 Å². The van der Waals surface area contributed by atoms with Crippen LogP contribution in [0.3, 0.4) is 0 Å². The van der Waals surface area contributed by atoms with E-state index in [4.69, 9.17) is 11.6 Å². The van der Waals surface area contributed by atoms with Crippen LogP contribution in [-0.2, 0) is 5.60 Å². The summed E-state index contributed by atoms with van der Waals surface area (Å²) in [5, 5.41) is 10.3. The first-order chi connectivity index (χ1) is 7.14. The summed E-state index contributed by atoms with van der Waals surface area (Å²) in [6.45, 7) is 3.56. The van der Waals surface area contributed by atoms with Crippen molar-refractivity contribution >= 4 is 11.6 Å². The fourth-order valence-electron chi connectivity index (χ4n) is 1.58. The second-order valence-corrected chi connectivity index (χ2v) is 3.82. The van der Waals surface area contributed by atoms with Crippen LogP contribution in [0.5, 0.6) is 0 Å². The topological polar surface area (TPSA) is 20.2 Å². The number of hydrogen-bond acceptors (Lipinski definition) is 1. The van der Waals surface area contributed by atoms with Crippen LogP contribution >= 0.6 is 11.6 Å². The summed E-state index contributed by atoms with van der Waals surface area (Å²) in [6.07, 6.45) is 2.17. The minimum atomic E-state index is -1.24. The Labute approximate surface area is 94.2 Å². The molecule has 0 radical (unpaired) electrons. The fourth-order valence-corrected chi connectivity index (χ4v) is 1.89. The Kier molecular flexibility index (Phi) is 4.30. The van der Waals surface area contributed by atoms with Gasteiger partial charge in [0.2, 0.25) is 0 Å². The molecule has 3 heteroatoms. The van der Waals surface area contributed by atoms with E-state index in [0.29, 0.717) is 12.8 Å². The molecule has 1 aromatic rings. The maximum absolute atomic E-state index is 13.5. The first-order valence-corrected chi connectivity index (χ1v) is 5.32. The summed E-state index contributed by atoms with van der Waals surface area (Å²) in [6, 6.07) is 6.19. The third-order valence-corrected chi connectivity index (χ3v) is 2.55. The predicted octanol–water partition coefficient (Wildman–Crippen LogP) is 3.22. The molecule has 0 bridgehead atoms. The first-order valence-electron chi connectivity index (χ1n) is 4.78. The van der Waals surface area contributed by atoms with Crippen molar-refractivity contribution in [1.29, 1.82) is 0 Å². The Morgan fingerprint density at radius 1 is 1.47 bits per heavy atom. The lowest BCUT2D eigenvalue weighted by molar-refractivity contribution is 0.0329. The SMILES string of the molecule is C=CCC(O)(CCCl)c1ccccc1F. The van der Waals surface area contributed by atoms with Gasteiger partial charge in [0.1, 0.15) is 5.82 Å². The third kappa shape index (κ3) is 2.80. The molecular formula is C12H14ClFO. The van der Waals surface area contributed by atoms with Crippen molar-refractivity contribution in [2.75, 3.05) is 5.88 Å². The molecule has 1 rings (SSSR count). The zero-order valence-electron chi connectivity index (χ0n) is 8.42. The van der Waals surface area contributed by atoms with E-state index in [2.05, 4.69) is 6.58 Å². The van der Waals surface area contributed by atoms with Crippen LogP contribution in [0.15, 0.2) is 36.9 Å². The Balaban J connectivity index is 3.08. The molecule has 0 aliphatic heterocycles. The van der Waals surface area contributed by atoms with Gasteiger partial charge in [0, 0.05) is 11.4 Å². The lowest BCUT2D eigenvalue weighted by Crippen LogP contribution is -2.26. The van der Waals surface area contributed by atoms with Crippen LogP contribution in [0.25, 0.3) is 0 Å². The smallest absolute Gasteiger partial charge is 0.129 e. The number of hydrogen-bond donors (Lipinski definition) is 1. The molecule has 0 saturated heterocycles. The van der Waals surface area contributed by atoms with Crippen LogP contribution in [0.1, 0.15) is 18.4 Å². The van der Waals surface area contributed by atoms with Crippen LogP contribution in [-0.4, -0.2) is 11.0 Å². The minimum absolute atomic E-state index is 0.276. The van der Waals surface area contributed by atoms with Gasteiger partial charge in [0.15, 0.2) is 0 Å². The van der Waals surface area contributed by atoms with E-state index >= 15 is 0 Å². The Morgan fingerprint density at radius 3 is 2.67 bits per heavy atom. The molecule has 1 atom stereocenters. The number of rotatable bonds is 5. The second kappa shape index (κ2) is 5.29. The Morgan fingerprint density at radius 2 is 2.13 bits per heavy atom. The molecule has 0 spiro atoms. The number of alkyl halides is 1.